The summed E-state index contributed by atoms with van der Waals surface area (Å²) in [5.41, 5.74) is 2.58. The van der Waals surface area contributed by atoms with Crippen molar-refractivity contribution in [3.8, 4) is 10.6 Å². The van der Waals surface area contributed by atoms with Gasteiger partial charge in [0.15, 0.2) is 5.65 Å². The van der Waals surface area contributed by atoms with Crippen LogP contribution in [-0.4, -0.2) is 14.4 Å². The maximum absolute atomic E-state index is 6.13. The predicted octanol–water partition coefficient (Wildman–Crippen LogP) is 4.38. The van der Waals surface area contributed by atoms with E-state index in [9.17, 15) is 0 Å². The molecule has 3 rings (SSSR count). The molecule has 0 saturated heterocycles. The molecule has 3 aromatic rings. The van der Waals surface area contributed by atoms with Crippen LogP contribution in [0.4, 0.5) is 0 Å². The minimum absolute atomic E-state index is 0.549. The molecule has 3 nitrogen and oxygen atoms in total. The van der Waals surface area contributed by atoms with Gasteiger partial charge in [-0.15, -0.1) is 11.3 Å². The summed E-state index contributed by atoms with van der Waals surface area (Å²) in [6.45, 7) is 3.97. The Kier molecular flexibility index (Phi) is 2.81. The minimum Gasteiger partial charge on any atom is -0.304 e. The lowest BCUT2D eigenvalue weighted by molar-refractivity contribution is 1.19. The number of nitrogens with zero attached hydrogens (tertiary/aromatic N) is 3. The van der Waals surface area contributed by atoms with Crippen molar-refractivity contribution >= 4 is 40.2 Å². The molecule has 0 aromatic carbocycles. The fourth-order valence-corrected chi connectivity index (χ4v) is 3.30. The SMILES string of the molecule is Cc1nc(C)c(-c2cn3cc(Cl)cc(Cl)c3n2)s1. The van der Waals surface area contributed by atoms with E-state index in [4.69, 9.17) is 23.2 Å². The lowest BCUT2D eigenvalue weighted by atomic mass is 10.3. The van der Waals surface area contributed by atoms with Gasteiger partial charge in [0.1, 0.15) is 5.69 Å². The molecule has 0 spiro atoms. The van der Waals surface area contributed by atoms with E-state index in [1.807, 2.05) is 24.4 Å². The topological polar surface area (TPSA) is 30.2 Å². The van der Waals surface area contributed by atoms with Gasteiger partial charge < -0.3 is 4.40 Å². The third-order valence-corrected chi connectivity index (χ3v) is 4.19. The van der Waals surface area contributed by atoms with Gasteiger partial charge in [-0.25, -0.2) is 9.97 Å². The lowest BCUT2D eigenvalue weighted by Crippen LogP contribution is -1.82. The third-order valence-electron chi connectivity index (χ3n) is 2.61. The molecular weight excluding hydrogens is 289 g/mol. The van der Waals surface area contributed by atoms with Gasteiger partial charge in [0.05, 0.1) is 25.6 Å². The van der Waals surface area contributed by atoms with Gasteiger partial charge >= 0.3 is 0 Å². The van der Waals surface area contributed by atoms with Crippen LogP contribution in [0.15, 0.2) is 18.5 Å². The molecule has 0 radical (unpaired) electrons. The third kappa shape index (κ3) is 1.90. The number of hydrogen-bond donors (Lipinski definition) is 0. The van der Waals surface area contributed by atoms with Crippen molar-refractivity contribution < 1.29 is 0 Å². The highest BCUT2D eigenvalue weighted by atomic mass is 35.5. The van der Waals surface area contributed by atoms with Gasteiger partial charge in [-0.2, -0.15) is 0 Å². The molecule has 0 aliphatic rings. The van der Waals surface area contributed by atoms with Crippen molar-refractivity contribution in [2.75, 3.05) is 0 Å². The molecule has 0 aliphatic carbocycles. The van der Waals surface area contributed by atoms with Crippen LogP contribution in [0.1, 0.15) is 10.7 Å². The Balaban J connectivity index is 2.25. The Labute approximate surface area is 118 Å². The molecule has 0 bridgehead atoms. The second-order valence-corrected chi connectivity index (χ2v) is 6.06. The fraction of sp³-hybridized carbons (Fsp3) is 0.167. The number of imidazole rings is 1. The number of pyridine rings is 1. The summed E-state index contributed by atoms with van der Waals surface area (Å²) in [5.74, 6) is 0. The van der Waals surface area contributed by atoms with E-state index in [0.717, 1.165) is 21.3 Å². The van der Waals surface area contributed by atoms with E-state index in [1.54, 1.807) is 23.6 Å². The van der Waals surface area contributed by atoms with Gasteiger partial charge in [-0.3, -0.25) is 0 Å². The van der Waals surface area contributed by atoms with E-state index in [1.165, 1.54) is 0 Å². The summed E-state index contributed by atoms with van der Waals surface area (Å²) in [6.07, 6.45) is 3.72. The van der Waals surface area contributed by atoms with Crippen molar-refractivity contribution in [2.24, 2.45) is 0 Å². The minimum atomic E-state index is 0.549. The first-order valence-electron chi connectivity index (χ1n) is 5.33. The summed E-state index contributed by atoms with van der Waals surface area (Å²) in [7, 11) is 0. The smallest absolute Gasteiger partial charge is 0.156 e. The van der Waals surface area contributed by atoms with Crippen molar-refractivity contribution in [3.05, 3.63) is 39.2 Å². The van der Waals surface area contributed by atoms with Gasteiger partial charge in [-0.05, 0) is 19.9 Å². The molecule has 3 heterocycles. The second-order valence-electron chi connectivity index (χ2n) is 4.01. The van der Waals surface area contributed by atoms with Crippen LogP contribution in [0.2, 0.25) is 10.0 Å². The maximum Gasteiger partial charge on any atom is 0.156 e. The first kappa shape index (κ1) is 12.0. The highest BCUT2D eigenvalue weighted by molar-refractivity contribution is 7.15. The monoisotopic (exact) mass is 297 g/mol. The molecule has 18 heavy (non-hydrogen) atoms. The average molecular weight is 298 g/mol. The van der Waals surface area contributed by atoms with E-state index < -0.39 is 0 Å². The molecular formula is C12H9Cl2N3S. The van der Waals surface area contributed by atoms with Crippen molar-refractivity contribution in [1.82, 2.24) is 14.4 Å². The molecule has 0 atom stereocenters. The predicted molar refractivity (Wildman–Crippen MR) is 75.8 cm³/mol. The lowest BCUT2D eigenvalue weighted by Gasteiger charge is -1.95. The maximum atomic E-state index is 6.13. The van der Waals surface area contributed by atoms with Crippen LogP contribution in [0, 0.1) is 13.8 Å². The van der Waals surface area contributed by atoms with Crippen LogP contribution in [0.3, 0.4) is 0 Å². The number of aromatic nitrogens is 3. The number of thiazole rings is 1. The first-order valence-corrected chi connectivity index (χ1v) is 6.90. The summed E-state index contributed by atoms with van der Waals surface area (Å²) in [6, 6.07) is 1.69. The molecule has 0 saturated carbocycles. The normalized spacial score (nSPS) is 11.3. The zero-order valence-corrected chi connectivity index (χ0v) is 12.1. The Morgan fingerprint density at radius 3 is 2.61 bits per heavy atom. The highest BCUT2D eigenvalue weighted by Gasteiger charge is 2.13. The molecule has 3 aromatic heterocycles. The first-order chi connectivity index (χ1) is 8.54. The molecule has 0 amide bonds. The van der Waals surface area contributed by atoms with Gasteiger partial charge in [0, 0.05) is 12.4 Å². The zero-order valence-electron chi connectivity index (χ0n) is 9.74. The molecule has 6 heteroatoms. The largest absolute Gasteiger partial charge is 0.304 e. The zero-order chi connectivity index (χ0) is 12.9. The van der Waals surface area contributed by atoms with Crippen molar-refractivity contribution in [1.29, 1.82) is 0 Å². The average Bonchev–Trinajstić information content (AvgIpc) is 2.81. The molecule has 0 aliphatic heterocycles. The summed E-state index contributed by atoms with van der Waals surface area (Å²) >= 11 is 13.7. The Bertz CT molecular complexity index is 745. The van der Waals surface area contributed by atoms with Gasteiger partial charge in [0.2, 0.25) is 0 Å². The van der Waals surface area contributed by atoms with E-state index in [0.29, 0.717) is 15.7 Å². The molecule has 0 unspecified atom stereocenters. The molecule has 0 N–H and O–H groups in total. The van der Waals surface area contributed by atoms with Gasteiger partial charge in [0.25, 0.3) is 0 Å². The number of aryl methyl sites for hydroxylation is 2. The number of rotatable bonds is 1. The van der Waals surface area contributed by atoms with Gasteiger partial charge in [-0.1, -0.05) is 23.2 Å². The number of hydrogen-bond acceptors (Lipinski definition) is 3. The molecule has 0 fully saturated rings. The second kappa shape index (κ2) is 4.23. The van der Waals surface area contributed by atoms with Crippen LogP contribution < -0.4 is 0 Å². The van der Waals surface area contributed by atoms with Crippen LogP contribution in [0.5, 0.6) is 0 Å². The van der Waals surface area contributed by atoms with E-state index in [2.05, 4.69) is 9.97 Å². The Morgan fingerprint density at radius 1 is 1.17 bits per heavy atom. The van der Waals surface area contributed by atoms with Crippen molar-refractivity contribution in [3.63, 3.8) is 0 Å². The standard InChI is InChI=1S/C12H9Cl2N3S/c1-6-11(18-7(2)15-6)10-5-17-4-8(13)3-9(14)12(17)16-10/h3-5H,1-2H3. The number of halogens is 2. The Morgan fingerprint density at radius 2 is 1.94 bits per heavy atom. The van der Waals surface area contributed by atoms with Crippen LogP contribution in [-0.2, 0) is 0 Å². The van der Waals surface area contributed by atoms with E-state index in [-0.39, 0.29) is 0 Å². The highest BCUT2D eigenvalue weighted by Crippen LogP contribution is 2.31. The van der Waals surface area contributed by atoms with E-state index >= 15 is 0 Å². The summed E-state index contributed by atoms with van der Waals surface area (Å²) < 4.78 is 1.84. The summed E-state index contributed by atoms with van der Waals surface area (Å²) in [4.78, 5) is 10.0. The Hall–Kier alpha value is -1.10. The number of fused-ring (bicyclic) bond motifs is 1. The van der Waals surface area contributed by atoms with Crippen molar-refractivity contribution in [2.45, 2.75) is 13.8 Å². The fourth-order valence-electron chi connectivity index (χ4n) is 1.90. The quantitative estimate of drug-likeness (QED) is 0.667. The molecule has 92 valence electrons. The van der Waals surface area contributed by atoms with Crippen LogP contribution >= 0.6 is 34.5 Å². The van der Waals surface area contributed by atoms with Crippen LogP contribution in [0.25, 0.3) is 16.2 Å². The summed E-state index contributed by atoms with van der Waals surface area (Å²) in [5, 5.41) is 2.17.